The summed E-state index contributed by atoms with van der Waals surface area (Å²) in [7, 11) is 0. The SMILES string of the molecule is CC1COc2ccc(C(Cl)C(C)C(C)C)cc2OC1. The molecule has 3 unspecified atom stereocenters. The Morgan fingerprint density at radius 2 is 1.74 bits per heavy atom. The van der Waals surface area contributed by atoms with Crippen LogP contribution in [0.2, 0.25) is 0 Å². The summed E-state index contributed by atoms with van der Waals surface area (Å²) in [5.74, 6) is 3.04. The van der Waals surface area contributed by atoms with Crippen LogP contribution in [0.4, 0.5) is 0 Å². The number of alkyl halides is 1. The van der Waals surface area contributed by atoms with E-state index >= 15 is 0 Å². The van der Waals surface area contributed by atoms with E-state index in [1.54, 1.807) is 0 Å². The first-order valence-electron chi connectivity index (χ1n) is 7.02. The van der Waals surface area contributed by atoms with Crippen molar-refractivity contribution >= 4 is 11.6 Å². The van der Waals surface area contributed by atoms with Gasteiger partial charge in [0.05, 0.1) is 18.6 Å². The van der Waals surface area contributed by atoms with Crippen LogP contribution in [0.15, 0.2) is 18.2 Å². The molecule has 0 radical (unpaired) electrons. The van der Waals surface area contributed by atoms with Crippen molar-refractivity contribution in [3.8, 4) is 11.5 Å². The molecule has 1 heterocycles. The van der Waals surface area contributed by atoms with Gasteiger partial charge in [0.2, 0.25) is 0 Å². The minimum absolute atomic E-state index is 0.00887. The van der Waals surface area contributed by atoms with E-state index in [0.717, 1.165) is 17.1 Å². The number of ether oxygens (including phenoxy) is 2. The Kier molecular flexibility index (Phi) is 4.62. The second-order valence-corrected chi connectivity index (χ2v) is 6.41. The van der Waals surface area contributed by atoms with Crippen LogP contribution < -0.4 is 9.47 Å². The highest BCUT2D eigenvalue weighted by Gasteiger charge is 2.22. The summed E-state index contributed by atoms with van der Waals surface area (Å²) in [4.78, 5) is 0. The molecule has 19 heavy (non-hydrogen) atoms. The molecule has 0 fully saturated rings. The lowest BCUT2D eigenvalue weighted by molar-refractivity contribution is 0.228. The maximum atomic E-state index is 6.57. The molecular weight excluding hydrogens is 260 g/mol. The van der Waals surface area contributed by atoms with Crippen LogP contribution in [-0.4, -0.2) is 13.2 Å². The zero-order valence-electron chi connectivity index (χ0n) is 12.2. The van der Waals surface area contributed by atoms with Gasteiger partial charge >= 0.3 is 0 Å². The van der Waals surface area contributed by atoms with Crippen molar-refractivity contribution in [3.63, 3.8) is 0 Å². The summed E-state index contributed by atoms with van der Waals surface area (Å²) in [5.41, 5.74) is 1.11. The molecule has 1 aromatic rings. The summed E-state index contributed by atoms with van der Waals surface area (Å²) in [6.45, 7) is 10.1. The monoisotopic (exact) mass is 282 g/mol. The van der Waals surface area contributed by atoms with Gasteiger partial charge in [-0.1, -0.05) is 33.8 Å². The van der Waals surface area contributed by atoms with Crippen molar-refractivity contribution in [2.24, 2.45) is 17.8 Å². The van der Waals surface area contributed by atoms with Gasteiger partial charge in [0.25, 0.3) is 0 Å². The fraction of sp³-hybridized carbons (Fsp3) is 0.625. The standard InChI is InChI=1S/C16H23ClO2/c1-10(2)12(4)16(17)13-5-6-14-15(7-13)19-9-11(3)8-18-14/h5-7,10-12,16H,8-9H2,1-4H3. The molecule has 0 saturated carbocycles. The molecule has 2 rings (SSSR count). The van der Waals surface area contributed by atoms with Gasteiger partial charge in [-0.25, -0.2) is 0 Å². The Balaban J connectivity index is 2.21. The van der Waals surface area contributed by atoms with Crippen molar-refractivity contribution < 1.29 is 9.47 Å². The normalized spacial score (nSPS) is 21.9. The lowest BCUT2D eigenvalue weighted by Gasteiger charge is -2.22. The Labute approximate surface area is 121 Å². The fourth-order valence-electron chi connectivity index (χ4n) is 2.08. The van der Waals surface area contributed by atoms with Gasteiger partial charge in [-0.2, -0.15) is 0 Å². The number of hydrogen-bond acceptors (Lipinski definition) is 2. The van der Waals surface area contributed by atoms with Gasteiger partial charge in [0, 0.05) is 5.92 Å². The first kappa shape index (κ1) is 14.5. The van der Waals surface area contributed by atoms with Crippen molar-refractivity contribution in [3.05, 3.63) is 23.8 Å². The summed E-state index contributed by atoms with van der Waals surface area (Å²) < 4.78 is 11.5. The van der Waals surface area contributed by atoms with Crippen LogP contribution in [0.5, 0.6) is 11.5 Å². The zero-order chi connectivity index (χ0) is 14.0. The fourth-order valence-corrected chi connectivity index (χ4v) is 2.51. The van der Waals surface area contributed by atoms with E-state index in [1.807, 2.05) is 12.1 Å². The molecule has 1 aliphatic rings. The molecule has 0 spiro atoms. The van der Waals surface area contributed by atoms with Crippen molar-refractivity contribution in [1.29, 1.82) is 0 Å². The average molecular weight is 283 g/mol. The zero-order valence-corrected chi connectivity index (χ0v) is 12.9. The Morgan fingerprint density at radius 1 is 1.11 bits per heavy atom. The third kappa shape index (κ3) is 3.36. The maximum absolute atomic E-state index is 6.57. The first-order valence-corrected chi connectivity index (χ1v) is 7.46. The molecule has 1 aliphatic heterocycles. The highest BCUT2D eigenvalue weighted by Crippen LogP contribution is 2.38. The van der Waals surface area contributed by atoms with E-state index in [2.05, 4.69) is 33.8 Å². The van der Waals surface area contributed by atoms with Gasteiger partial charge in [-0.3, -0.25) is 0 Å². The quantitative estimate of drug-likeness (QED) is 0.750. The van der Waals surface area contributed by atoms with E-state index in [1.165, 1.54) is 0 Å². The Bertz CT molecular complexity index is 431. The van der Waals surface area contributed by atoms with E-state index in [0.29, 0.717) is 31.0 Å². The van der Waals surface area contributed by atoms with E-state index in [9.17, 15) is 0 Å². The summed E-state index contributed by atoms with van der Waals surface area (Å²) in [5, 5.41) is 0.00887. The van der Waals surface area contributed by atoms with E-state index in [4.69, 9.17) is 21.1 Å². The van der Waals surface area contributed by atoms with E-state index < -0.39 is 0 Å². The van der Waals surface area contributed by atoms with E-state index in [-0.39, 0.29) is 5.38 Å². The summed E-state index contributed by atoms with van der Waals surface area (Å²) in [6.07, 6.45) is 0. The van der Waals surface area contributed by atoms with Gasteiger partial charge in [-0.15, -0.1) is 11.6 Å². The molecule has 3 atom stereocenters. The first-order chi connectivity index (χ1) is 8.99. The van der Waals surface area contributed by atoms with Crippen molar-refractivity contribution in [1.82, 2.24) is 0 Å². The molecule has 0 N–H and O–H groups in total. The van der Waals surface area contributed by atoms with Gasteiger partial charge in [0.15, 0.2) is 11.5 Å². The third-order valence-electron chi connectivity index (χ3n) is 3.85. The summed E-state index contributed by atoms with van der Waals surface area (Å²) >= 11 is 6.57. The van der Waals surface area contributed by atoms with Gasteiger partial charge in [-0.05, 0) is 29.5 Å². The molecular formula is C16H23ClO2. The molecule has 1 aromatic carbocycles. The molecule has 0 amide bonds. The van der Waals surface area contributed by atoms with Crippen molar-refractivity contribution in [2.75, 3.05) is 13.2 Å². The minimum atomic E-state index is 0.00887. The second kappa shape index (κ2) is 6.04. The smallest absolute Gasteiger partial charge is 0.161 e. The van der Waals surface area contributed by atoms with Crippen LogP contribution in [0.1, 0.15) is 38.6 Å². The highest BCUT2D eigenvalue weighted by molar-refractivity contribution is 6.21. The number of benzene rings is 1. The highest BCUT2D eigenvalue weighted by atomic mass is 35.5. The number of rotatable bonds is 3. The van der Waals surface area contributed by atoms with Crippen LogP contribution in [-0.2, 0) is 0 Å². The molecule has 2 nitrogen and oxygen atoms in total. The summed E-state index contributed by atoms with van der Waals surface area (Å²) in [6, 6.07) is 6.06. The Morgan fingerprint density at radius 3 is 2.37 bits per heavy atom. The topological polar surface area (TPSA) is 18.5 Å². The average Bonchev–Trinajstić information content (AvgIpc) is 2.59. The predicted molar refractivity (Wildman–Crippen MR) is 79.2 cm³/mol. The maximum Gasteiger partial charge on any atom is 0.161 e. The minimum Gasteiger partial charge on any atom is -0.489 e. The van der Waals surface area contributed by atoms with Gasteiger partial charge < -0.3 is 9.47 Å². The van der Waals surface area contributed by atoms with Gasteiger partial charge in [0.1, 0.15) is 0 Å². The van der Waals surface area contributed by atoms with Crippen LogP contribution in [0, 0.1) is 17.8 Å². The molecule has 0 aliphatic carbocycles. The second-order valence-electron chi connectivity index (χ2n) is 5.94. The van der Waals surface area contributed by atoms with Crippen LogP contribution in [0.3, 0.4) is 0 Å². The van der Waals surface area contributed by atoms with Crippen LogP contribution >= 0.6 is 11.6 Å². The molecule has 0 bridgehead atoms. The van der Waals surface area contributed by atoms with Crippen LogP contribution in [0.25, 0.3) is 0 Å². The molecule has 0 aromatic heterocycles. The third-order valence-corrected chi connectivity index (χ3v) is 4.50. The molecule has 106 valence electrons. The number of hydrogen-bond donors (Lipinski definition) is 0. The lowest BCUT2D eigenvalue weighted by atomic mass is 9.90. The Hall–Kier alpha value is -0.890. The predicted octanol–water partition coefficient (Wildman–Crippen LogP) is 4.67. The largest absolute Gasteiger partial charge is 0.489 e. The molecule has 0 saturated heterocycles. The van der Waals surface area contributed by atoms with Crippen molar-refractivity contribution in [2.45, 2.75) is 33.1 Å². The molecule has 3 heteroatoms. The number of halogens is 1. The number of fused-ring (bicyclic) bond motifs is 1. The lowest BCUT2D eigenvalue weighted by Crippen LogP contribution is -2.12.